The van der Waals surface area contributed by atoms with Crippen molar-refractivity contribution in [3.63, 3.8) is 0 Å². The Morgan fingerprint density at radius 2 is 2.14 bits per heavy atom. The van der Waals surface area contributed by atoms with Gasteiger partial charge in [0.05, 0.1) is 5.56 Å². The Kier molecular flexibility index (Phi) is 3.16. The maximum Gasteiger partial charge on any atom is 0.311 e. The number of rotatable bonds is 3. The van der Waals surface area contributed by atoms with Crippen molar-refractivity contribution in [1.82, 2.24) is 24.7 Å². The van der Waals surface area contributed by atoms with Crippen LogP contribution < -0.4 is 0 Å². The lowest BCUT2D eigenvalue weighted by Crippen LogP contribution is -2.13. The molecule has 114 valence electrons. The summed E-state index contributed by atoms with van der Waals surface area (Å²) in [5.41, 5.74) is 0.882. The summed E-state index contributed by atoms with van der Waals surface area (Å²) < 4.78 is 6.93. The van der Waals surface area contributed by atoms with Gasteiger partial charge in [-0.1, -0.05) is 25.9 Å². The van der Waals surface area contributed by atoms with E-state index in [-0.39, 0.29) is 11.8 Å². The first-order valence-electron chi connectivity index (χ1n) is 6.75. The number of hydrogen-bond donors (Lipinski definition) is 1. The van der Waals surface area contributed by atoms with E-state index < -0.39 is 5.97 Å². The third-order valence-corrected chi connectivity index (χ3v) is 3.14. The van der Waals surface area contributed by atoms with Crippen LogP contribution in [-0.4, -0.2) is 35.8 Å². The van der Waals surface area contributed by atoms with Gasteiger partial charge in [0.1, 0.15) is 12.2 Å². The first-order valence-corrected chi connectivity index (χ1v) is 6.75. The zero-order chi connectivity index (χ0) is 15.9. The topological polar surface area (TPSA) is 106 Å². The van der Waals surface area contributed by atoms with E-state index in [4.69, 9.17) is 9.63 Å². The van der Waals surface area contributed by atoms with Gasteiger partial charge in [-0.25, -0.2) is 0 Å². The fraction of sp³-hybridized carbons (Fsp3) is 0.357. The van der Waals surface area contributed by atoms with Crippen LogP contribution in [0.15, 0.2) is 22.9 Å². The van der Waals surface area contributed by atoms with Gasteiger partial charge in [0.2, 0.25) is 0 Å². The second kappa shape index (κ2) is 4.90. The van der Waals surface area contributed by atoms with Crippen LogP contribution in [0.4, 0.5) is 0 Å². The fourth-order valence-corrected chi connectivity index (χ4v) is 2.02. The number of hydrogen-bond acceptors (Lipinski definition) is 6. The van der Waals surface area contributed by atoms with E-state index in [1.54, 1.807) is 22.7 Å². The molecule has 0 saturated heterocycles. The number of nitrogens with zero attached hydrogens (tertiary/aromatic N) is 5. The summed E-state index contributed by atoms with van der Waals surface area (Å²) in [5, 5.41) is 20.9. The molecule has 0 unspecified atom stereocenters. The Morgan fingerprint density at radius 3 is 2.77 bits per heavy atom. The lowest BCUT2D eigenvalue weighted by atomic mass is 9.96. The number of pyridine rings is 1. The summed E-state index contributed by atoms with van der Waals surface area (Å²) in [6.07, 6.45) is 1.50. The maximum atomic E-state index is 10.9. The first-order chi connectivity index (χ1) is 10.4. The van der Waals surface area contributed by atoms with Gasteiger partial charge in [-0.05, 0) is 12.1 Å². The van der Waals surface area contributed by atoms with Gasteiger partial charge < -0.3 is 9.63 Å². The largest absolute Gasteiger partial charge is 0.481 e. The highest BCUT2D eigenvalue weighted by Crippen LogP contribution is 2.26. The van der Waals surface area contributed by atoms with Crippen LogP contribution in [0, 0.1) is 0 Å². The molecule has 0 aliphatic rings. The van der Waals surface area contributed by atoms with E-state index in [2.05, 4.69) is 20.3 Å². The zero-order valence-corrected chi connectivity index (χ0v) is 12.4. The van der Waals surface area contributed by atoms with Gasteiger partial charge in [-0.3, -0.25) is 9.20 Å². The second-order valence-electron chi connectivity index (χ2n) is 5.98. The van der Waals surface area contributed by atoms with Crippen molar-refractivity contribution in [2.75, 3.05) is 0 Å². The average Bonchev–Trinajstić information content (AvgIpc) is 3.04. The summed E-state index contributed by atoms with van der Waals surface area (Å²) in [6, 6.07) is 3.55. The Bertz CT molecular complexity index is 844. The summed E-state index contributed by atoms with van der Waals surface area (Å²) in [4.78, 5) is 15.3. The third-order valence-electron chi connectivity index (χ3n) is 3.14. The molecule has 3 aromatic heterocycles. The van der Waals surface area contributed by atoms with Crippen LogP contribution in [0.3, 0.4) is 0 Å². The van der Waals surface area contributed by atoms with Crippen LogP contribution in [0.5, 0.6) is 0 Å². The van der Waals surface area contributed by atoms with Crippen molar-refractivity contribution in [2.24, 2.45) is 0 Å². The van der Waals surface area contributed by atoms with Crippen molar-refractivity contribution in [3.8, 4) is 11.5 Å². The minimum absolute atomic E-state index is 0.207. The van der Waals surface area contributed by atoms with Gasteiger partial charge in [0, 0.05) is 11.6 Å². The van der Waals surface area contributed by atoms with Crippen LogP contribution in [0.25, 0.3) is 17.1 Å². The molecule has 0 amide bonds. The Hall–Kier alpha value is -2.77. The SMILES string of the molecule is CC(C)(C)c1noc(-c2cccn3c(CC(=O)O)nnc23)n1. The standard InChI is InChI=1S/C14H15N5O3/c1-14(2,3)13-15-12(22-18-13)8-5-4-6-19-9(7-10(20)21)16-17-11(8)19/h4-6H,7H2,1-3H3,(H,20,21). The van der Waals surface area contributed by atoms with Gasteiger partial charge in [0.25, 0.3) is 5.89 Å². The highest BCUT2D eigenvalue weighted by Gasteiger charge is 2.23. The molecule has 8 nitrogen and oxygen atoms in total. The predicted octanol–water partition coefficient (Wildman–Crippen LogP) is 1.70. The van der Waals surface area contributed by atoms with E-state index in [1.165, 1.54) is 0 Å². The molecule has 0 saturated carbocycles. The molecule has 0 spiro atoms. The minimum Gasteiger partial charge on any atom is -0.481 e. The summed E-state index contributed by atoms with van der Waals surface area (Å²) >= 11 is 0. The van der Waals surface area contributed by atoms with Gasteiger partial charge >= 0.3 is 5.97 Å². The molecule has 0 bridgehead atoms. The van der Waals surface area contributed by atoms with Gasteiger partial charge in [0.15, 0.2) is 11.5 Å². The molecule has 3 aromatic rings. The molecule has 22 heavy (non-hydrogen) atoms. The van der Waals surface area contributed by atoms with Crippen LogP contribution >= 0.6 is 0 Å². The van der Waals surface area contributed by atoms with Crippen molar-refractivity contribution < 1.29 is 14.4 Å². The average molecular weight is 301 g/mol. The molecule has 0 aromatic carbocycles. The Balaban J connectivity index is 2.10. The zero-order valence-electron chi connectivity index (χ0n) is 12.4. The Morgan fingerprint density at radius 1 is 1.36 bits per heavy atom. The molecule has 0 atom stereocenters. The van der Waals surface area contributed by atoms with Gasteiger partial charge in [-0.2, -0.15) is 4.98 Å². The van der Waals surface area contributed by atoms with Crippen molar-refractivity contribution in [3.05, 3.63) is 30.0 Å². The van der Waals surface area contributed by atoms with Crippen molar-refractivity contribution in [2.45, 2.75) is 32.6 Å². The minimum atomic E-state index is -0.965. The molecule has 3 heterocycles. The highest BCUT2D eigenvalue weighted by molar-refractivity contribution is 5.73. The lowest BCUT2D eigenvalue weighted by molar-refractivity contribution is -0.136. The molecule has 3 rings (SSSR count). The molecule has 0 aliphatic heterocycles. The first kappa shape index (κ1) is 14.2. The fourth-order valence-electron chi connectivity index (χ4n) is 2.02. The Labute approximate surface area is 125 Å². The van der Waals surface area contributed by atoms with E-state index in [0.717, 1.165) is 0 Å². The van der Waals surface area contributed by atoms with E-state index in [0.29, 0.717) is 28.8 Å². The van der Waals surface area contributed by atoms with E-state index in [1.807, 2.05) is 20.8 Å². The summed E-state index contributed by atoms with van der Waals surface area (Å²) in [6.45, 7) is 5.97. The third kappa shape index (κ3) is 2.43. The molecule has 1 N–H and O–H groups in total. The molecule has 0 aliphatic carbocycles. The van der Waals surface area contributed by atoms with Crippen LogP contribution in [-0.2, 0) is 16.6 Å². The summed E-state index contributed by atoms with van der Waals surface area (Å²) in [7, 11) is 0. The number of carboxylic acid groups (broad SMARTS) is 1. The number of fused-ring (bicyclic) bond motifs is 1. The molecular formula is C14H15N5O3. The number of carbonyl (C=O) groups is 1. The smallest absolute Gasteiger partial charge is 0.311 e. The maximum absolute atomic E-state index is 10.9. The molecule has 8 heteroatoms. The number of aromatic nitrogens is 5. The quantitative estimate of drug-likeness (QED) is 0.784. The molecule has 0 fully saturated rings. The van der Waals surface area contributed by atoms with Crippen LogP contribution in [0.1, 0.15) is 32.4 Å². The second-order valence-corrected chi connectivity index (χ2v) is 5.98. The number of carboxylic acids is 1. The predicted molar refractivity (Wildman–Crippen MR) is 76.3 cm³/mol. The normalized spacial score (nSPS) is 12.0. The highest BCUT2D eigenvalue weighted by atomic mass is 16.5. The van der Waals surface area contributed by atoms with Crippen molar-refractivity contribution >= 4 is 11.6 Å². The van der Waals surface area contributed by atoms with Crippen molar-refractivity contribution in [1.29, 1.82) is 0 Å². The monoisotopic (exact) mass is 301 g/mol. The lowest BCUT2D eigenvalue weighted by Gasteiger charge is -2.10. The van der Waals surface area contributed by atoms with E-state index >= 15 is 0 Å². The summed E-state index contributed by atoms with van der Waals surface area (Å²) in [5.74, 6) is 0.312. The molecule has 0 radical (unpaired) electrons. The van der Waals surface area contributed by atoms with Crippen LogP contribution in [0.2, 0.25) is 0 Å². The van der Waals surface area contributed by atoms with E-state index in [9.17, 15) is 4.79 Å². The van der Waals surface area contributed by atoms with Gasteiger partial charge in [-0.15, -0.1) is 10.2 Å². The molecular weight excluding hydrogens is 286 g/mol. The number of aliphatic carboxylic acids is 1.